The van der Waals surface area contributed by atoms with Crippen LogP contribution in [0, 0.1) is 5.41 Å². The average Bonchev–Trinajstić information content (AvgIpc) is 3.33. The van der Waals surface area contributed by atoms with Crippen molar-refractivity contribution in [1.82, 2.24) is 24.6 Å². The zero-order chi connectivity index (χ0) is 28.5. The van der Waals surface area contributed by atoms with Crippen LogP contribution in [0.2, 0.25) is 0 Å². The number of aliphatic hydroxyl groups excluding tert-OH is 1. The van der Waals surface area contributed by atoms with Crippen LogP contribution in [0.25, 0.3) is 11.2 Å². The number of fused-ring (bicyclic) bond motifs is 1. The average molecular weight is 577 g/mol. The number of nitrogen functional groups attached to an aromatic ring is 1. The Labute approximate surface area is 224 Å². The highest BCUT2D eigenvalue weighted by molar-refractivity contribution is 8.13. The lowest BCUT2D eigenvalue weighted by Crippen LogP contribution is -2.44. The summed E-state index contributed by atoms with van der Waals surface area (Å²) in [5.74, 6) is 0.121. The molecule has 0 aromatic carbocycles. The number of aromatic nitrogens is 4. The zero-order valence-electron chi connectivity index (χ0n) is 22.3. The molecule has 0 radical (unpaired) electrons. The van der Waals surface area contributed by atoms with Crippen LogP contribution in [0.5, 0.6) is 0 Å². The van der Waals surface area contributed by atoms with Crippen molar-refractivity contribution in [3.8, 4) is 0 Å². The van der Waals surface area contributed by atoms with E-state index in [0.717, 1.165) is 11.8 Å². The number of nitrogens with two attached hydrogens (primary N) is 1. The lowest BCUT2D eigenvalue weighted by Gasteiger charge is -2.27. The molecule has 3 rings (SSSR count). The monoisotopic (exact) mass is 576 g/mol. The second kappa shape index (κ2) is 11.7. The third kappa shape index (κ3) is 6.65. The van der Waals surface area contributed by atoms with Gasteiger partial charge in [0.15, 0.2) is 22.5 Å². The first-order valence-electron chi connectivity index (χ1n) is 12.2. The Morgan fingerprint density at radius 3 is 2.76 bits per heavy atom. The van der Waals surface area contributed by atoms with Crippen molar-refractivity contribution in [3.63, 3.8) is 0 Å². The fourth-order valence-electron chi connectivity index (χ4n) is 3.72. The van der Waals surface area contributed by atoms with Gasteiger partial charge in [-0.3, -0.25) is 28.2 Å². The molecule has 0 spiro atoms. The van der Waals surface area contributed by atoms with Crippen LogP contribution in [-0.2, 0) is 23.1 Å². The molecule has 1 saturated heterocycles. The normalized spacial score (nSPS) is 25.8. The first kappa shape index (κ1) is 30.7. The van der Waals surface area contributed by atoms with Crippen LogP contribution >= 0.6 is 19.5 Å². The van der Waals surface area contributed by atoms with Gasteiger partial charge in [-0.2, -0.15) is 4.98 Å². The molecule has 38 heavy (non-hydrogen) atoms. The van der Waals surface area contributed by atoms with Crippen molar-refractivity contribution < 1.29 is 33.4 Å². The summed E-state index contributed by atoms with van der Waals surface area (Å²) in [5.41, 5.74) is 2.78. The molecular weight excluding hydrogens is 539 g/mol. The number of carbonyl (C=O) groups excluding carboxylic acids is 1. The Hall–Kier alpha value is -1.84. The Morgan fingerprint density at radius 2 is 2.13 bits per heavy atom. The summed E-state index contributed by atoms with van der Waals surface area (Å²) >= 11 is 1.10. The van der Waals surface area contributed by atoms with Gasteiger partial charge in [0.05, 0.1) is 19.5 Å². The third-order valence-corrected chi connectivity index (χ3v) is 9.33. The molecule has 214 valence electrons. The Kier molecular flexibility index (Phi) is 9.47. The Morgan fingerprint density at radius 1 is 1.45 bits per heavy atom. The first-order valence-corrected chi connectivity index (χ1v) is 14.8. The predicted octanol–water partition coefficient (Wildman–Crippen LogP) is 1.55. The molecule has 2 aromatic heterocycles. The van der Waals surface area contributed by atoms with Crippen molar-refractivity contribution in [2.45, 2.75) is 78.0 Å². The summed E-state index contributed by atoms with van der Waals surface area (Å²) in [6.07, 6.45) is -1.87. The maximum absolute atomic E-state index is 13.4. The Balaban J connectivity index is 1.69. The van der Waals surface area contributed by atoms with Gasteiger partial charge in [0.1, 0.15) is 17.8 Å². The maximum atomic E-state index is 13.4. The van der Waals surface area contributed by atoms with Gasteiger partial charge in [0.2, 0.25) is 5.95 Å². The van der Waals surface area contributed by atoms with E-state index in [9.17, 15) is 24.4 Å². The van der Waals surface area contributed by atoms with E-state index < -0.39 is 49.4 Å². The molecule has 0 bridgehead atoms. The van der Waals surface area contributed by atoms with E-state index in [0.29, 0.717) is 6.42 Å². The number of nitrogens with one attached hydrogen (secondary N) is 2. The minimum Gasteiger partial charge on any atom is -0.387 e. The molecule has 0 saturated carbocycles. The number of aromatic amines is 1. The summed E-state index contributed by atoms with van der Waals surface area (Å²) in [5, 5.41) is 24.7. The van der Waals surface area contributed by atoms with Gasteiger partial charge in [0.25, 0.3) is 5.56 Å². The van der Waals surface area contributed by atoms with Gasteiger partial charge in [-0.25, -0.2) is 14.6 Å². The maximum Gasteiger partial charge on any atom is 0.405 e. The van der Waals surface area contributed by atoms with Crippen molar-refractivity contribution in [1.29, 1.82) is 0 Å². The van der Waals surface area contributed by atoms with E-state index >= 15 is 0 Å². The number of nitrogens with zero attached hydrogens (tertiary/aromatic N) is 3. The molecule has 14 nitrogen and oxygen atoms in total. The molecule has 1 aliphatic heterocycles. The second-order valence-corrected chi connectivity index (χ2v) is 13.1. The highest BCUT2D eigenvalue weighted by Gasteiger charge is 2.54. The van der Waals surface area contributed by atoms with Gasteiger partial charge in [-0.05, 0) is 27.2 Å². The van der Waals surface area contributed by atoms with Crippen molar-refractivity contribution in [3.05, 3.63) is 16.7 Å². The van der Waals surface area contributed by atoms with Crippen LogP contribution in [0.15, 0.2) is 11.1 Å². The van der Waals surface area contributed by atoms with E-state index in [-0.39, 0.29) is 40.6 Å². The summed E-state index contributed by atoms with van der Waals surface area (Å²) in [6.45, 7) is 10.1. The van der Waals surface area contributed by atoms with E-state index in [1.165, 1.54) is 17.8 Å². The quantitative estimate of drug-likeness (QED) is 0.180. The number of anilines is 1. The van der Waals surface area contributed by atoms with E-state index in [1.807, 2.05) is 20.8 Å². The molecule has 16 heteroatoms. The number of imidazole rings is 1. The van der Waals surface area contributed by atoms with Crippen molar-refractivity contribution in [2.75, 3.05) is 24.7 Å². The second-order valence-electron chi connectivity index (χ2n) is 10.3. The molecule has 2 aromatic rings. The van der Waals surface area contributed by atoms with Crippen molar-refractivity contribution >= 4 is 41.7 Å². The number of hydrogen-bond acceptors (Lipinski definition) is 12. The number of H-pyrrole nitrogens is 1. The number of hydrogen-bond donors (Lipinski definition) is 5. The molecule has 1 unspecified atom stereocenters. The molecule has 1 aliphatic rings. The first-order chi connectivity index (χ1) is 17.6. The SMILES string of the molecule is CCC(C)(C)C(=O)SCCOP(=O)(NC(C)C)OC[C@H]1O[C@@H](n2cnc3c(=O)[nH]c(N)nc32)[C@](C)(O)[C@@H]1O. The minimum absolute atomic E-state index is 0.0113. The van der Waals surface area contributed by atoms with Gasteiger partial charge in [-0.1, -0.05) is 32.5 Å². The molecule has 0 amide bonds. The third-order valence-electron chi connectivity index (χ3n) is 6.30. The van der Waals surface area contributed by atoms with Gasteiger partial charge in [-0.15, -0.1) is 0 Å². The highest BCUT2D eigenvalue weighted by Crippen LogP contribution is 2.47. The summed E-state index contributed by atoms with van der Waals surface area (Å²) in [6, 6.07) is -0.272. The van der Waals surface area contributed by atoms with Gasteiger partial charge in [0, 0.05) is 17.2 Å². The van der Waals surface area contributed by atoms with E-state index in [1.54, 1.807) is 13.8 Å². The number of ether oxygens (including phenoxy) is 1. The molecule has 5 atom stereocenters. The summed E-state index contributed by atoms with van der Waals surface area (Å²) < 4.78 is 31.7. The van der Waals surface area contributed by atoms with Crippen LogP contribution in [0.4, 0.5) is 5.95 Å². The molecule has 1 fully saturated rings. The number of thioether (sulfide) groups is 1. The highest BCUT2D eigenvalue weighted by atomic mass is 32.2. The number of carbonyl (C=O) groups is 1. The molecular formula is C22H37N6O8PS. The van der Waals surface area contributed by atoms with Crippen molar-refractivity contribution in [2.24, 2.45) is 5.41 Å². The van der Waals surface area contributed by atoms with Crippen LogP contribution < -0.4 is 16.4 Å². The fraction of sp³-hybridized carbons (Fsp3) is 0.727. The number of rotatable bonds is 12. The molecule has 3 heterocycles. The largest absolute Gasteiger partial charge is 0.405 e. The smallest absolute Gasteiger partial charge is 0.387 e. The van der Waals surface area contributed by atoms with E-state index in [2.05, 4.69) is 20.0 Å². The molecule has 0 aliphatic carbocycles. The number of aliphatic hydroxyl groups is 2. The summed E-state index contributed by atoms with van der Waals surface area (Å²) in [7, 11) is -3.88. The predicted molar refractivity (Wildman–Crippen MR) is 142 cm³/mol. The van der Waals surface area contributed by atoms with Gasteiger partial charge >= 0.3 is 7.75 Å². The fourth-order valence-corrected chi connectivity index (χ4v) is 6.27. The zero-order valence-corrected chi connectivity index (χ0v) is 24.0. The lowest BCUT2D eigenvalue weighted by atomic mass is 9.92. The van der Waals surface area contributed by atoms with Crippen LogP contribution in [0.1, 0.15) is 54.2 Å². The van der Waals surface area contributed by atoms with Crippen LogP contribution in [0.3, 0.4) is 0 Å². The van der Waals surface area contributed by atoms with Gasteiger partial charge < -0.3 is 20.7 Å². The van der Waals surface area contributed by atoms with Crippen LogP contribution in [-0.4, -0.2) is 77.7 Å². The molecule has 6 N–H and O–H groups in total. The topological polar surface area (TPSA) is 204 Å². The lowest BCUT2D eigenvalue weighted by molar-refractivity contribution is -0.118. The van der Waals surface area contributed by atoms with E-state index in [4.69, 9.17) is 19.5 Å². The minimum atomic E-state index is -3.88. The summed E-state index contributed by atoms with van der Waals surface area (Å²) in [4.78, 5) is 34.9. The Bertz CT molecular complexity index is 1250. The standard InChI is InChI=1S/C22H37N6O8PS/c1-7-21(4,5)19(31)38-9-8-34-37(33,27-12(2)3)35-10-13-15(29)22(6,32)18(36-13)28-11-24-14-16(28)25-20(23)26-17(14)30/h11-13,15,18,29,32H,7-10H2,1-6H3,(H,27,33)(H3,23,25,26,30)/t13-,15-,18-,22-,37?/m1/s1.